The van der Waals surface area contributed by atoms with Crippen LogP contribution in [-0.4, -0.2) is 23.9 Å². The van der Waals surface area contributed by atoms with Crippen LogP contribution in [0.4, 0.5) is 4.39 Å². The molecule has 1 aromatic carbocycles. The Hall–Kier alpha value is -2.43. The van der Waals surface area contributed by atoms with Crippen LogP contribution in [0.3, 0.4) is 0 Å². The van der Waals surface area contributed by atoms with Crippen LogP contribution in [-0.2, 0) is 6.61 Å². The fourth-order valence-electron chi connectivity index (χ4n) is 2.13. The predicted octanol–water partition coefficient (Wildman–Crippen LogP) is 2.54. The van der Waals surface area contributed by atoms with Gasteiger partial charge in [-0.3, -0.25) is 4.99 Å². The number of nitrogens with zero attached hydrogens (tertiary/aromatic N) is 2. The molecule has 3 rings (SSSR count). The summed E-state index contributed by atoms with van der Waals surface area (Å²) in [6.07, 6.45) is 2.72. The van der Waals surface area contributed by atoms with Gasteiger partial charge in [0.15, 0.2) is 0 Å². The normalized spacial score (nSPS) is 14.2. The molecular formula is C16H16FN3O. The highest BCUT2D eigenvalue weighted by atomic mass is 19.1. The van der Waals surface area contributed by atoms with E-state index in [1.807, 2.05) is 12.1 Å². The van der Waals surface area contributed by atoms with Gasteiger partial charge < -0.3 is 10.1 Å². The van der Waals surface area contributed by atoms with Crippen molar-refractivity contribution in [1.82, 2.24) is 10.3 Å². The van der Waals surface area contributed by atoms with E-state index in [0.717, 1.165) is 36.5 Å². The third-order valence-electron chi connectivity index (χ3n) is 3.21. The van der Waals surface area contributed by atoms with Crippen molar-refractivity contribution in [2.24, 2.45) is 4.99 Å². The molecule has 108 valence electrons. The maximum absolute atomic E-state index is 12.9. The van der Waals surface area contributed by atoms with Crippen LogP contribution in [0.2, 0.25) is 0 Å². The van der Waals surface area contributed by atoms with Crippen molar-refractivity contribution in [3.05, 3.63) is 59.5 Å². The largest absolute Gasteiger partial charge is 0.472 e. The summed E-state index contributed by atoms with van der Waals surface area (Å²) in [7, 11) is 0. The second-order valence-corrected chi connectivity index (χ2v) is 4.78. The van der Waals surface area contributed by atoms with Crippen molar-refractivity contribution >= 4 is 5.84 Å². The molecule has 0 saturated carbocycles. The van der Waals surface area contributed by atoms with Crippen molar-refractivity contribution in [3.63, 3.8) is 0 Å². The van der Waals surface area contributed by atoms with Crippen LogP contribution in [0.5, 0.6) is 5.88 Å². The minimum atomic E-state index is -0.252. The number of aliphatic imine (C=N–C) groups is 1. The van der Waals surface area contributed by atoms with Gasteiger partial charge in [-0.15, -0.1) is 0 Å². The summed E-state index contributed by atoms with van der Waals surface area (Å²) in [6.45, 7) is 2.07. The Morgan fingerprint density at radius 3 is 2.81 bits per heavy atom. The van der Waals surface area contributed by atoms with Gasteiger partial charge in [0.2, 0.25) is 5.88 Å². The van der Waals surface area contributed by atoms with Crippen LogP contribution in [0.25, 0.3) is 0 Å². The highest BCUT2D eigenvalue weighted by Crippen LogP contribution is 2.17. The molecule has 0 radical (unpaired) electrons. The minimum Gasteiger partial charge on any atom is -0.472 e. The monoisotopic (exact) mass is 285 g/mol. The van der Waals surface area contributed by atoms with Gasteiger partial charge in [-0.1, -0.05) is 12.1 Å². The van der Waals surface area contributed by atoms with Gasteiger partial charge in [0.1, 0.15) is 18.3 Å². The standard InChI is InChI=1S/C16H16FN3O/c17-13-6-4-12(5-7-13)11-21-16-14(3-1-8-20-16)15-18-9-2-10-19-15/h1,3-8H,2,9-11H2,(H,18,19). The van der Waals surface area contributed by atoms with Crippen LogP contribution < -0.4 is 10.1 Å². The van der Waals surface area contributed by atoms with Gasteiger partial charge in [-0.25, -0.2) is 9.37 Å². The van der Waals surface area contributed by atoms with E-state index in [1.54, 1.807) is 18.3 Å². The summed E-state index contributed by atoms with van der Waals surface area (Å²) in [5.41, 5.74) is 1.76. The van der Waals surface area contributed by atoms with E-state index in [2.05, 4.69) is 15.3 Å². The number of benzene rings is 1. The Kier molecular flexibility index (Phi) is 4.09. The number of halogens is 1. The maximum atomic E-state index is 12.9. The number of nitrogens with one attached hydrogen (secondary N) is 1. The molecule has 1 aromatic heterocycles. The van der Waals surface area contributed by atoms with Crippen LogP contribution in [0, 0.1) is 5.82 Å². The Labute approximate surface area is 122 Å². The smallest absolute Gasteiger partial charge is 0.224 e. The van der Waals surface area contributed by atoms with Gasteiger partial charge in [0, 0.05) is 19.3 Å². The molecule has 2 heterocycles. The maximum Gasteiger partial charge on any atom is 0.224 e. The Bertz CT molecular complexity index is 640. The second kappa shape index (κ2) is 6.35. The molecule has 0 atom stereocenters. The first-order chi connectivity index (χ1) is 10.3. The van der Waals surface area contributed by atoms with Gasteiger partial charge in [0.25, 0.3) is 0 Å². The number of pyridine rings is 1. The summed E-state index contributed by atoms with van der Waals surface area (Å²) < 4.78 is 18.6. The fourth-order valence-corrected chi connectivity index (χ4v) is 2.13. The first kappa shape index (κ1) is 13.5. The van der Waals surface area contributed by atoms with Gasteiger partial charge in [-0.2, -0.15) is 0 Å². The van der Waals surface area contributed by atoms with E-state index in [9.17, 15) is 4.39 Å². The lowest BCUT2D eigenvalue weighted by Gasteiger charge is -2.17. The molecule has 1 aliphatic rings. The Balaban J connectivity index is 1.76. The molecule has 0 bridgehead atoms. The van der Waals surface area contributed by atoms with Crippen LogP contribution in [0.1, 0.15) is 17.5 Å². The van der Waals surface area contributed by atoms with Gasteiger partial charge >= 0.3 is 0 Å². The van der Waals surface area contributed by atoms with Crippen molar-refractivity contribution in [2.45, 2.75) is 13.0 Å². The molecule has 21 heavy (non-hydrogen) atoms. The fraction of sp³-hybridized carbons (Fsp3) is 0.250. The quantitative estimate of drug-likeness (QED) is 0.939. The lowest BCUT2D eigenvalue weighted by atomic mass is 10.2. The number of ether oxygens (including phenoxy) is 1. The van der Waals surface area contributed by atoms with Crippen molar-refractivity contribution in [3.8, 4) is 5.88 Å². The van der Waals surface area contributed by atoms with Crippen molar-refractivity contribution in [1.29, 1.82) is 0 Å². The first-order valence-corrected chi connectivity index (χ1v) is 6.94. The number of hydrogen-bond donors (Lipinski definition) is 1. The number of amidine groups is 1. The van der Waals surface area contributed by atoms with Crippen molar-refractivity contribution in [2.75, 3.05) is 13.1 Å². The molecule has 2 aromatic rings. The molecule has 1 N–H and O–H groups in total. The van der Waals surface area contributed by atoms with E-state index in [-0.39, 0.29) is 5.82 Å². The zero-order chi connectivity index (χ0) is 14.5. The van der Waals surface area contributed by atoms with E-state index in [4.69, 9.17) is 4.74 Å². The molecule has 0 aliphatic carbocycles. The minimum absolute atomic E-state index is 0.252. The number of rotatable bonds is 4. The van der Waals surface area contributed by atoms with E-state index in [1.165, 1.54) is 12.1 Å². The van der Waals surface area contributed by atoms with Crippen molar-refractivity contribution < 1.29 is 9.13 Å². The average molecular weight is 285 g/mol. The molecule has 5 heteroatoms. The highest BCUT2D eigenvalue weighted by molar-refractivity contribution is 6.00. The van der Waals surface area contributed by atoms with Gasteiger partial charge in [0.05, 0.1) is 5.56 Å². The average Bonchev–Trinajstić information content (AvgIpc) is 2.55. The molecule has 1 aliphatic heterocycles. The number of aromatic nitrogens is 1. The zero-order valence-corrected chi connectivity index (χ0v) is 11.6. The van der Waals surface area contributed by atoms with E-state index in [0.29, 0.717) is 12.5 Å². The summed E-state index contributed by atoms with van der Waals surface area (Å²) in [6, 6.07) is 10.0. The predicted molar refractivity (Wildman–Crippen MR) is 79.0 cm³/mol. The van der Waals surface area contributed by atoms with E-state index < -0.39 is 0 Å². The third kappa shape index (κ3) is 3.37. The summed E-state index contributed by atoms with van der Waals surface area (Å²) in [5, 5.41) is 3.26. The highest BCUT2D eigenvalue weighted by Gasteiger charge is 2.13. The Morgan fingerprint density at radius 1 is 1.19 bits per heavy atom. The van der Waals surface area contributed by atoms with E-state index >= 15 is 0 Å². The zero-order valence-electron chi connectivity index (χ0n) is 11.6. The molecule has 0 amide bonds. The first-order valence-electron chi connectivity index (χ1n) is 6.94. The lowest BCUT2D eigenvalue weighted by molar-refractivity contribution is 0.293. The summed E-state index contributed by atoms with van der Waals surface area (Å²) in [5.74, 6) is 1.11. The molecular weight excluding hydrogens is 269 g/mol. The van der Waals surface area contributed by atoms with Crippen LogP contribution >= 0.6 is 0 Å². The second-order valence-electron chi connectivity index (χ2n) is 4.78. The Morgan fingerprint density at radius 2 is 2.05 bits per heavy atom. The summed E-state index contributed by atoms with van der Waals surface area (Å²) in [4.78, 5) is 8.73. The molecule has 0 unspecified atom stereocenters. The van der Waals surface area contributed by atoms with Gasteiger partial charge in [-0.05, 0) is 36.2 Å². The number of hydrogen-bond acceptors (Lipinski definition) is 4. The lowest BCUT2D eigenvalue weighted by Crippen LogP contribution is -2.30. The molecule has 4 nitrogen and oxygen atoms in total. The topological polar surface area (TPSA) is 46.5 Å². The molecule has 0 fully saturated rings. The SMILES string of the molecule is Fc1ccc(COc2ncccc2C2=NCCCN2)cc1. The summed E-state index contributed by atoms with van der Waals surface area (Å²) >= 11 is 0. The van der Waals surface area contributed by atoms with Crippen LogP contribution in [0.15, 0.2) is 47.6 Å². The third-order valence-corrected chi connectivity index (χ3v) is 3.21. The molecule has 0 saturated heterocycles. The molecule has 0 spiro atoms.